The van der Waals surface area contributed by atoms with Gasteiger partial charge in [-0.05, 0) is 63.4 Å². The van der Waals surface area contributed by atoms with Gasteiger partial charge in [-0.1, -0.05) is 47.9 Å². The maximum absolute atomic E-state index is 12.8. The Bertz CT molecular complexity index is 1060. The molecule has 7 heteroatoms. The topological polar surface area (TPSA) is 70.1 Å². The molecule has 0 spiro atoms. The fourth-order valence-electron chi connectivity index (χ4n) is 4.28. The van der Waals surface area contributed by atoms with Crippen LogP contribution < -0.4 is 5.73 Å². The minimum absolute atomic E-state index is 0.239. The molecule has 3 aromatic rings. The standard InChI is InChI=1S/C23H26ClN3O2S/c1-22(2,3)29-21(28)27-14-6-7-17(27)18-19(26-20(25)30-18)23(12-4-5-13-23)15-8-10-16(24)11-9-15/h6-11,14H,4-5,12-13H2,1-3H3,(H2,25,26). The Morgan fingerprint density at radius 3 is 2.50 bits per heavy atom. The number of rotatable bonds is 3. The van der Waals surface area contributed by atoms with Gasteiger partial charge in [0, 0.05) is 16.6 Å². The van der Waals surface area contributed by atoms with E-state index < -0.39 is 11.7 Å². The molecule has 1 fully saturated rings. The molecule has 1 aromatic carbocycles. The molecule has 1 aliphatic carbocycles. The van der Waals surface area contributed by atoms with E-state index in [0.717, 1.165) is 41.9 Å². The van der Waals surface area contributed by atoms with Crippen molar-refractivity contribution in [2.24, 2.45) is 0 Å². The van der Waals surface area contributed by atoms with Crippen molar-refractivity contribution in [3.8, 4) is 10.6 Å². The molecule has 4 rings (SSSR count). The van der Waals surface area contributed by atoms with Crippen LogP contribution in [0.15, 0.2) is 42.6 Å². The summed E-state index contributed by atoms with van der Waals surface area (Å²) in [6.07, 6.45) is 5.52. The molecule has 0 atom stereocenters. The second-order valence-corrected chi connectivity index (χ2v) is 10.2. The van der Waals surface area contributed by atoms with Crippen LogP contribution in [0.5, 0.6) is 0 Å². The lowest BCUT2D eigenvalue weighted by Gasteiger charge is -2.29. The molecule has 2 N–H and O–H groups in total. The van der Waals surface area contributed by atoms with Gasteiger partial charge in [0.2, 0.25) is 0 Å². The van der Waals surface area contributed by atoms with E-state index in [4.69, 9.17) is 27.1 Å². The molecule has 0 amide bonds. The number of ether oxygens (including phenoxy) is 1. The highest BCUT2D eigenvalue weighted by molar-refractivity contribution is 7.18. The van der Waals surface area contributed by atoms with Gasteiger partial charge < -0.3 is 10.5 Å². The molecule has 0 saturated heterocycles. The van der Waals surface area contributed by atoms with Gasteiger partial charge in [0.15, 0.2) is 5.13 Å². The van der Waals surface area contributed by atoms with Crippen LogP contribution in [0.2, 0.25) is 5.02 Å². The number of hydrogen-bond donors (Lipinski definition) is 1. The summed E-state index contributed by atoms with van der Waals surface area (Å²) in [5.74, 6) is 0. The Morgan fingerprint density at radius 1 is 1.20 bits per heavy atom. The normalized spacial score (nSPS) is 16.0. The highest BCUT2D eigenvalue weighted by atomic mass is 35.5. The van der Waals surface area contributed by atoms with E-state index in [1.54, 1.807) is 10.8 Å². The Balaban J connectivity index is 1.84. The number of hydrogen-bond acceptors (Lipinski definition) is 5. The molecule has 0 unspecified atom stereocenters. The number of nitrogens with two attached hydrogens (primary N) is 1. The summed E-state index contributed by atoms with van der Waals surface area (Å²) < 4.78 is 7.15. The molecule has 0 bridgehead atoms. The van der Waals surface area contributed by atoms with Gasteiger partial charge in [0.1, 0.15) is 5.60 Å². The molecular formula is C23H26ClN3O2S. The lowest BCUT2D eigenvalue weighted by atomic mass is 9.75. The van der Waals surface area contributed by atoms with Crippen molar-refractivity contribution in [2.45, 2.75) is 57.5 Å². The van der Waals surface area contributed by atoms with Crippen molar-refractivity contribution in [3.05, 3.63) is 58.9 Å². The summed E-state index contributed by atoms with van der Waals surface area (Å²) in [5, 5.41) is 1.21. The third-order valence-corrected chi connectivity index (χ3v) is 6.68. The number of anilines is 1. The largest absolute Gasteiger partial charge is 0.443 e. The maximum Gasteiger partial charge on any atom is 0.419 e. The fourth-order valence-corrected chi connectivity index (χ4v) is 5.36. The molecule has 2 heterocycles. The molecule has 1 aliphatic rings. The molecule has 2 aromatic heterocycles. The van der Waals surface area contributed by atoms with Gasteiger partial charge in [0.25, 0.3) is 0 Å². The monoisotopic (exact) mass is 443 g/mol. The second kappa shape index (κ2) is 7.75. The molecular weight excluding hydrogens is 418 g/mol. The van der Waals surface area contributed by atoms with Crippen molar-refractivity contribution in [3.63, 3.8) is 0 Å². The SMILES string of the molecule is CC(C)(C)OC(=O)n1cccc1-c1sc(N)nc1C1(c2ccc(Cl)cc2)CCCC1. The van der Waals surface area contributed by atoms with Crippen LogP contribution in [0.1, 0.15) is 57.7 Å². The molecule has 0 radical (unpaired) electrons. The van der Waals surface area contributed by atoms with Crippen molar-refractivity contribution < 1.29 is 9.53 Å². The molecule has 0 aliphatic heterocycles. The average Bonchev–Trinajstić information content (AvgIpc) is 3.40. The first-order chi connectivity index (χ1) is 14.2. The van der Waals surface area contributed by atoms with E-state index in [-0.39, 0.29) is 5.41 Å². The molecule has 5 nitrogen and oxygen atoms in total. The van der Waals surface area contributed by atoms with Gasteiger partial charge in [-0.25, -0.2) is 9.78 Å². The van der Waals surface area contributed by atoms with Gasteiger partial charge >= 0.3 is 6.09 Å². The van der Waals surface area contributed by atoms with Crippen molar-refractivity contribution in [1.29, 1.82) is 0 Å². The van der Waals surface area contributed by atoms with Gasteiger partial charge in [-0.2, -0.15) is 0 Å². The fraction of sp³-hybridized carbons (Fsp3) is 0.391. The molecule has 30 heavy (non-hydrogen) atoms. The number of aromatic nitrogens is 2. The predicted molar refractivity (Wildman–Crippen MR) is 122 cm³/mol. The van der Waals surface area contributed by atoms with Crippen LogP contribution in [0.3, 0.4) is 0 Å². The zero-order chi connectivity index (χ0) is 21.5. The zero-order valence-corrected chi connectivity index (χ0v) is 19.0. The van der Waals surface area contributed by atoms with Crippen molar-refractivity contribution in [1.82, 2.24) is 9.55 Å². The van der Waals surface area contributed by atoms with Crippen LogP contribution in [-0.2, 0) is 10.2 Å². The number of benzene rings is 1. The number of nitrogens with zero attached hydrogens (tertiary/aromatic N) is 2. The maximum atomic E-state index is 12.8. The first-order valence-corrected chi connectivity index (χ1v) is 11.3. The molecule has 158 valence electrons. The first-order valence-electron chi connectivity index (χ1n) is 10.1. The minimum atomic E-state index is -0.579. The zero-order valence-electron chi connectivity index (χ0n) is 17.4. The number of carbonyl (C=O) groups excluding carboxylic acids is 1. The Kier molecular flexibility index (Phi) is 5.41. The van der Waals surface area contributed by atoms with Crippen LogP contribution in [-0.4, -0.2) is 21.2 Å². The number of nitrogen functional groups attached to an aromatic ring is 1. The Hall–Kier alpha value is -2.31. The number of thiazole rings is 1. The lowest BCUT2D eigenvalue weighted by Crippen LogP contribution is -2.28. The van der Waals surface area contributed by atoms with E-state index in [1.807, 2.05) is 45.0 Å². The van der Waals surface area contributed by atoms with Gasteiger partial charge in [0.05, 0.1) is 16.3 Å². The quantitative estimate of drug-likeness (QED) is 0.502. The third-order valence-electron chi connectivity index (χ3n) is 5.52. The van der Waals surface area contributed by atoms with Crippen LogP contribution in [0.25, 0.3) is 10.6 Å². The summed E-state index contributed by atoms with van der Waals surface area (Å²) >= 11 is 7.56. The van der Waals surface area contributed by atoms with E-state index in [2.05, 4.69) is 12.1 Å². The summed E-state index contributed by atoms with van der Waals surface area (Å²) in [5.41, 5.74) is 8.27. The highest BCUT2D eigenvalue weighted by Gasteiger charge is 2.42. The predicted octanol–water partition coefficient (Wildman–Crippen LogP) is 6.49. The third kappa shape index (κ3) is 3.86. The van der Waals surface area contributed by atoms with E-state index in [1.165, 1.54) is 16.9 Å². The van der Waals surface area contributed by atoms with Crippen molar-refractivity contribution in [2.75, 3.05) is 5.73 Å². The number of carbonyl (C=O) groups is 1. The summed E-state index contributed by atoms with van der Waals surface area (Å²) in [6, 6.07) is 11.8. The average molecular weight is 444 g/mol. The van der Waals surface area contributed by atoms with Crippen LogP contribution >= 0.6 is 22.9 Å². The lowest BCUT2D eigenvalue weighted by molar-refractivity contribution is 0.0540. The van der Waals surface area contributed by atoms with E-state index >= 15 is 0 Å². The van der Waals surface area contributed by atoms with Crippen LogP contribution in [0.4, 0.5) is 9.93 Å². The van der Waals surface area contributed by atoms with Crippen LogP contribution in [0, 0.1) is 0 Å². The minimum Gasteiger partial charge on any atom is -0.443 e. The Labute approximate surface area is 185 Å². The second-order valence-electron chi connectivity index (χ2n) is 8.77. The number of halogens is 1. The summed E-state index contributed by atoms with van der Waals surface area (Å²) in [6.45, 7) is 5.58. The Morgan fingerprint density at radius 2 is 1.87 bits per heavy atom. The summed E-state index contributed by atoms with van der Waals surface area (Å²) in [7, 11) is 0. The van der Waals surface area contributed by atoms with Crippen molar-refractivity contribution >= 4 is 34.2 Å². The van der Waals surface area contributed by atoms with Gasteiger partial charge in [-0.3, -0.25) is 4.57 Å². The first kappa shape index (κ1) is 20.9. The van der Waals surface area contributed by atoms with E-state index in [9.17, 15) is 4.79 Å². The van der Waals surface area contributed by atoms with E-state index in [0.29, 0.717) is 10.2 Å². The van der Waals surface area contributed by atoms with Gasteiger partial charge in [-0.15, -0.1) is 0 Å². The molecule has 1 saturated carbocycles. The highest BCUT2D eigenvalue weighted by Crippen LogP contribution is 2.51. The smallest absolute Gasteiger partial charge is 0.419 e. The summed E-state index contributed by atoms with van der Waals surface area (Å²) in [4.78, 5) is 18.5.